The lowest BCUT2D eigenvalue weighted by atomic mass is 10.0. The summed E-state index contributed by atoms with van der Waals surface area (Å²) in [4.78, 5) is 21.0. The first kappa shape index (κ1) is 14.9. The summed E-state index contributed by atoms with van der Waals surface area (Å²) in [6, 6.07) is 4.08. The van der Waals surface area contributed by atoms with Gasteiger partial charge in [0.05, 0.1) is 4.92 Å². The molecule has 0 aliphatic heterocycles. The molecule has 1 rings (SSSR count). The van der Waals surface area contributed by atoms with Crippen molar-refractivity contribution in [2.75, 3.05) is 11.9 Å². The number of anilines is 1. The molecular formula is C13H18N2O4. The van der Waals surface area contributed by atoms with Crippen molar-refractivity contribution in [3.8, 4) is 0 Å². The van der Waals surface area contributed by atoms with E-state index in [1.807, 2.05) is 0 Å². The van der Waals surface area contributed by atoms with E-state index in [4.69, 9.17) is 5.11 Å². The number of nitrogens with one attached hydrogen (secondary N) is 1. The topological polar surface area (TPSA) is 92.5 Å². The summed E-state index contributed by atoms with van der Waals surface area (Å²) in [7, 11) is 0. The highest BCUT2D eigenvalue weighted by Gasteiger charge is 2.20. The van der Waals surface area contributed by atoms with Gasteiger partial charge in [-0.1, -0.05) is 26.7 Å². The van der Waals surface area contributed by atoms with Gasteiger partial charge >= 0.3 is 5.97 Å². The summed E-state index contributed by atoms with van der Waals surface area (Å²) in [6.07, 6.45) is 2.05. The fraction of sp³-hybridized carbons (Fsp3) is 0.462. The first-order valence-electron chi connectivity index (χ1n) is 6.25. The maximum atomic E-state index is 10.9. The highest BCUT2D eigenvalue weighted by atomic mass is 16.6. The molecular weight excluding hydrogens is 248 g/mol. The van der Waals surface area contributed by atoms with Crippen molar-refractivity contribution < 1.29 is 14.8 Å². The van der Waals surface area contributed by atoms with Crippen molar-refractivity contribution in [3.05, 3.63) is 33.9 Å². The van der Waals surface area contributed by atoms with Gasteiger partial charge in [-0.05, 0) is 18.1 Å². The largest absolute Gasteiger partial charge is 0.477 e. The first-order valence-corrected chi connectivity index (χ1v) is 6.25. The van der Waals surface area contributed by atoms with Crippen LogP contribution in [0.1, 0.15) is 37.0 Å². The molecule has 0 bridgehead atoms. The summed E-state index contributed by atoms with van der Waals surface area (Å²) in [5, 5.41) is 22.8. The minimum atomic E-state index is -1.29. The number of carboxylic acids is 1. The predicted molar refractivity (Wildman–Crippen MR) is 72.6 cm³/mol. The van der Waals surface area contributed by atoms with E-state index in [9.17, 15) is 14.9 Å². The third-order valence-corrected chi connectivity index (χ3v) is 3.17. The number of hydrogen-bond donors (Lipinski definition) is 2. The number of carbonyl (C=O) groups is 1. The first-order chi connectivity index (χ1) is 8.99. The molecule has 0 spiro atoms. The summed E-state index contributed by atoms with van der Waals surface area (Å²) in [5.41, 5.74) is -0.108. The van der Waals surface area contributed by atoms with E-state index in [1.165, 1.54) is 12.1 Å². The minimum Gasteiger partial charge on any atom is -0.477 e. The van der Waals surface area contributed by atoms with Crippen LogP contribution >= 0.6 is 0 Å². The van der Waals surface area contributed by atoms with Crippen molar-refractivity contribution in [3.63, 3.8) is 0 Å². The second-order valence-corrected chi connectivity index (χ2v) is 4.36. The molecule has 0 radical (unpaired) electrons. The second kappa shape index (κ2) is 6.72. The van der Waals surface area contributed by atoms with Gasteiger partial charge in [0.1, 0.15) is 5.56 Å². The van der Waals surface area contributed by atoms with Crippen LogP contribution in [-0.4, -0.2) is 22.5 Å². The molecule has 0 saturated heterocycles. The number of nitrogens with zero attached hydrogens (tertiary/aromatic N) is 1. The molecule has 0 aliphatic rings. The molecule has 0 heterocycles. The lowest BCUT2D eigenvalue weighted by Gasteiger charge is -2.14. The molecule has 0 fully saturated rings. The van der Waals surface area contributed by atoms with Crippen LogP contribution in [0.3, 0.4) is 0 Å². The van der Waals surface area contributed by atoms with E-state index in [2.05, 4.69) is 19.2 Å². The Morgan fingerprint density at radius 3 is 2.53 bits per heavy atom. The van der Waals surface area contributed by atoms with Crippen LogP contribution in [-0.2, 0) is 0 Å². The van der Waals surface area contributed by atoms with Gasteiger partial charge in [-0.3, -0.25) is 10.1 Å². The summed E-state index contributed by atoms with van der Waals surface area (Å²) < 4.78 is 0. The monoisotopic (exact) mass is 266 g/mol. The van der Waals surface area contributed by atoms with Gasteiger partial charge in [0.15, 0.2) is 0 Å². The number of nitro benzene ring substituents is 1. The number of aromatic carboxylic acids is 1. The third-order valence-electron chi connectivity index (χ3n) is 3.17. The molecule has 0 amide bonds. The van der Waals surface area contributed by atoms with E-state index >= 15 is 0 Å². The molecule has 2 N–H and O–H groups in total. The van der Waals surface area contributed by atoms with Crippen LogP contribution in [0.15, 0.2) is 18.2 Å². The minimum absolute atomic E-state index is 0.293. The Bertz CT molecular complexity index is 470. The molecule has 1 aromatic carbocycles. The summed E-state index contributed by atoms with van der Waals surface area (Å²) >= 11 is 0. The van der Waals surface area contributed by atoms with Crippen LogP contribution in [0.4, 0.5) is 11.4 Å². The maximum Gasteiger partial charge on any atom is 0.342 e. The molecule has 19 heavy (non-hydrogen) atoms. The molecule has 6 heteroatoms. The molecule has 0 saturated carbocycles. The molecule has 0 unspecified atom stereocenters. The highest BCUT2D eigenvalue weighted by Crippen LogP contribution is 2.23. The Labute approximate surface area is 111 Å². The zero-order valence-corrected chi connectivity index (χ0v) is 11.0. The number of carboxylic acid groups (broad SMARTS) is 1. The lowest BCUT2D eigenvalue weighted by Crippen LogP contribution is -2.13. The van der Waals surface area contributed by atoms with Crippen molar-refractivity contribution >= 4 is 17.3 Å². The van der Waals surface area contributed by atoms with E-state index < -0.39 is 10.9 Å². The second-order valence-electron chi connectivity index (χ2n) is 4.36. The van der Waals surface area contributed by atoms with Gasteiger partial charge in [-0.15, -0.1) is 0 Å². The van der Waals surface area contributed by atoms with Crippen LogP contribution in [0.2, 0.25) is 0 Å². The Kier molecular flexibility index (Phi) is 5.29. The molecule has 104 valence electrons. The fourth-order valence-electron chi connectivity index (χ4n) is 1.81. The zero-order valence-electron chi connectivity index (χ0n) is 11.0. The van der Waals surface area contributed by atoms with Gasteiger partial charge in [0, 0.05) is 18.3 Å². The van der Waals surface area contributed by atoms with Crippen molar-refractivity contribution in [1.82, 2.24) is 0 Å². The van der Waals surface area contributed by atoms with Gasteiger partial charge in [0.25, 0.3) is 5.69 Å². The van der Waals surface area contributed by atoms with E-state index in [0.29, 0.717) is 11.6 Å². The SMILES string of the molecule is CCC(CC)CNc1ccc(C(=O)O)c([N+](=O)[O-])c1. The molecule has 0 aromatic heterocycles. The highest BCUT2D eigenvalue weighted by molar-refractivity contribution is 5.93. The quantitative estimate of drug-likeness (QED) is 0.584. The Morgan fingerprint density at radius 1 is 1.42 bits per heavy atom. The normalized spacial score (nSPS) is 10.5. The van der Waals surface area contributed by atoms with Crippen molar-refractivity contribution in [2.45, 2.75) is 26.7 Å². The third kappa shape index (κ3) is 3.94. The van der Waals surface area contributed by atoms with Crippen LogP contribution in [0.5, 0.6) is 0 Å². The fourth-order valence-corrected chi connectivity index (χ4v) is 1.81. The van der Waals surface area contributed by atoms with Gasteiger partial charge < -0.3 is 10.4 Å². The van der Waals surface area contributed by atoms with Crippen molar-refractivity contribution in [1.29, 1.82) is 0 Å². The van der Waals surface area contributed by atoms with Gasteiger partial charge in [0.2, 0.25) is 0 Å². The molecule has 0 atom stereocenters. The van der Waals surface area contributed by atoms with E-state index in [1.54, 1.807) is 6.07 Å². The van der Waals surface area contributed by atoms with Gasteiger partial charge in [-0.2, -0.15) is 0 Å². The maximum absolute atomic E-state index is 10.9. The molecule has 1 aromatic rings. The van der Waals surface area contributed by atoms with E-state index in [0.717, 1.165) is 19.4 Å². The summed E-state index contributed by atoms with van der Waals surface area (Å²) in [5.74, 6) is -0.795. The predicted octanol–water partition coefficient (Wildman–Crippen LogP) is 3.14. The molecule has 0 aliphatic carbocycles. The van der Waals surface area contributed by atoms with Gasteiger partial charge in [-0.25, -0.2) is 4.79 Å². The average Bonchev–Trinajstić information content (AvgIpc) is 2.39. The van der Waals surface area contributed by atoms with Crippen LogP contribution in [0.25, 0.3) is 0 Å². The zero-order chi connectivity index (χ0) is 14.4. The Hall–Kier alpha value is -2.11. The average molecular weight is 266 g/mol. The number of nitro groups is 1. The number of hydrogen-bond acceptors (Lipinski definition) is 4. The number of rotatable bonds is 7. The molecule has 6 nitrogen and oxygen atoms in total. The van der Waals surface area contributed by atoms with E-state index in [-0.39, 0.29) is 11.3 Å². The van der Waals surface area contributed by atoms with Crippen molar-refractivity contribution in [2.24, 2.45) is 5.92 Å². The number of benzene rings is 1. The van der Waals surface area contributed by atoms with Crippen LogP contribution in [0, 0.1) is 16.0 Å². The Morgan fingerprint density at radius 2 is 2.05 bits per heavy atom. The standard InChI is InChI=1S/C13H18N2O4/c1-3-9(4-2)8-14-10-5-6-11(13(16)17)12(7-10)15(18)19/h5-7,9,14H,3-4,8H2,1-2H3,(H,16,17). The summed E-state index contributed by atoms with van der Waals surface area (Å²) in [6.45, 7) is 4.90. The lowest BCUT2D eigenvalue weighted by molar-refractivity contribution is -0.385. The Balaban J connectivity index is 2.90. The van der Waals surface area contributed by atoms with Crippen LogP contribution < -0.4 is 5.32 Å². The smallest absolute Gasteiger partial charge is 0.342 e.